The van der Waals surface area contributed by atoms with Gasteiger partial charge < -0.3 is 18.9 Å². The molecule has 5 rings (SSSR count). The second-order valence-corrected chi connectivity index (χ2v) is 11.3. The Morgan fingerprint density at radius 2 is 1.50 bits per heavy atom. The standard InChI is InChI=1S/C35H43N3O4/c1-25-7-8-26(19-31(25)28-9-11-30(39-3)12-10-28)23-37-15-17-38(18-16-37)24-27-13-14-36-32(20-27)29-21-33(40-4)34(41-5)35(2,22-29)42-6/h7-14,19-22,34H,15-18,23-24H2,1-6H3. The quantitative estimate of drug-likeness (QED) is 0.309. The lowest BCUT2D eigenvalue weighted by molar-refractivity contribution is -0.0776. The number of hydrogen-bond donors (Lipinski definition) is 0. The summed E-state index contributed by atoms with van der Waals surface area (Å²) in [7, 11) is 6.74. The first-order chi connectivity index (χ1) is 20.3. The molecule has 0 N–H and O–H groups in total. The molecule has 42 heavy (non-hydrogen) atoms. The van der Waals surface area contributed by atoms with Gasteiger partial charge in [0, 0.05) is 65.3 Å². The Balaban J connectivity index is 1.21. The number of pyridine rings is 1. The Kier molecular flexibility index (Phi) is 9.43. The third kappa shape index (κ3) is 6.60. The van der Waals surface area contributed by atoms with Gasteiger partial charge in [0.15, 0.2) is 0 Å². The van der Waals surface area contributed by atoms with Gasteiger partial charge in [0.25, 0.3) is 0 Å². The van der Waals surface area contributed by atoms with Crippen molar-refractivity contribution in [3.05, 3.63) is 101 Å². The second-order valence-electron chi connectivity index (χ2n) is 11.3. The number of aryl methyl sites for hydroxylation is 1. The number of benzene rings is 2. The molecule has 7 nitrogen and oxygen atoms in total. The molecule has 7 heteroatoms. The van der Waals surface area contributed by atoms with Crippen LogP contribution in [0.4, 0.5) is 0 Å². The normalized spacial score (nSPS) is 21.5. The van der Waals surface area contributed by atoms with E-state index in [9.17, 15) is 0 Å². The highest BCUT2D eigenvalue weighted by Crippen LogP contribution is 2.35. The van der Waals surface area contributed by atoms with Crippen LogP contribution >= 0.6 is 0 Å². The number of nitrogens with zero attached hydrogens (tertiary/aromatic N) is 3. The third-order valence-electron chi connectivity index (χ3n) is 8.53. The summed E-state index contributed by atoms with van der Waals surface area (Å²) in [5.74, 6) is 1.61. The summed E-state index contributed by atoms with van der Waals surface area (Å²) in [6.07, 6.45) is 5.67. The molecule has 1 fully saturated rings. The van der Waals surface area contributed by atoms with Gasteiger partial charge in [-0.1, -0.05) is 24.3 Å². The molecule has 3 aromatic rings. The maximum absolute atomic E-state index is 5.85. The summed E-state index contributed by atoms with van der Waals surface area (Å²) >= 11 is 0. The van der Waals surface area contributed by atoms with Crippen molar-refractivity contribution in [3.63, 3.8) is 0 Å². The van der Waals surface area contributed by atoms with E-state index in [-0.39, 0.29) is 6.10 Å². The average Bonchev–Trinajstić information content (AvgIpc) is 3.02. The molecule has 0 bridgehead atoms. The monoisotopic (exact) mass is 569 g/mol. The topological polar surface area (TPSA) is 56.3 Å². The number of ether oxygens (including phenoxy) is 4. The van der Waals surface area contributed by atoms with Crippen molar-refractivity contribution in [2.75, 3.05) is 54.6 Å². The molecule has 1 aromatic heterocycles. The Bertz CT molecular complexity index is 1430. The molecular formula is C35H43N3O4. The van der Waals surface area contributed by atoms with Gasteiger partial charge in [-0.15, -0.1) is 0 Å². The molecule has 2 aromatic carbocycles. The summed E-state index contributed by atoms with van der Waals surface area (Å²) < 4.78 is 22.5. The van der Waals surface area contributed by atoms with E-state index in [1.54, 1.807) is 28.4 Å². The van der Waals surface area contributed by atoms with E-state index in [4.69, 9.17) is 18.9 Å². The highest BCUT2D eigenvalue weighted by Gasteiger charge is 2.40. The van der Waals surface area contributed by atoms with E-state index < -0.39 is 5.60 Å². The summed E-state index contributed by atoms with van der Waals surface area (Å²) in [6.45, 7) is 10.2. The largest absolute Gasteiger partial charge is 0.498 e. The average molecular weight is 570 g/mol. The van der Waals surface area contributed by atoms with E-state index in [1.165, 1.54) is 27.8 Å². The predicted molar refractivity (Wildman–Crippen MR) is 167 cm³/mol. The van der Waals surface area contributed by atoms with Crippen LogP contribution < -0.4 is 4.74 Å². The van der Waals surface area contributed by atoms with E-state index in [0.29, 0.717) is 0 Å². The lowest BCUT2D eigenvalue weighted by atomic mass is 9.87. The van der Waals surface area contributed by atoms with Crippen LogP contribution in [0.25, 0.3) is 16.7 Å². The SMILES string of the molecule is COC1=CC(c2cc(CN3CCN(Cc4ccc(C)c(-c5ccc(OC)cc5)c4)CC3)ccn2)=CC(C)(OC)C1OC. The molecule has 2 heterocycles. The van der Waals surface area contributed by atoms with Crippen LogP contribution in [-0.4, -0.2) is 81.1 Å². The van der Waals surface area contributed by atoms with Crippen molar-refractivity contribution in [3.8, 4) is 16.9 Å². The smallest absolute Gasteiger partial charge is 0.146 e. The van der Waals surface area contributed by atoms with Gasteiger partial charge in [-0.3, -0.25) is 14.8 Å². The fraction of sp³-hybridized carbons (Fsp3) is 0.400. The number of methoxy groups -OCH3 is 4. The second kappa shape index (κ2) is 13.2. The van der Waals surface area contributed by atoms with E-state index >= 15 is 0 Å². The van der Waals surface area contributed by atoms with Crippen LogP contribution in [0.15, 0.2) is 78.7 Å². The van der Waals surface area contributed by atoms with E-state index in [1.807, 2.05) is 31.3 Å². The van der Waals surface area contributed by atoms with E-state index in [0.717, 1.165) is 62.0 Å². The number of hydrogen-bond acceptors (Lipinski definition) is 7. The maximum atomic E-state index is 5.85. The fourth-order valence-electron chi connectivity index (χ4n) is 5.97. The third-order valence-corrected chi connectivity index (χ3v) is 8.53. The summed E-state index contributed by atoms with van der Waals surface area (Å²) in [6, 6.07) is 19.5. The van der Waals surface area contributed by atoms with Crippen LogP contribution in [0.5, 0.6) is 5.75 Å². The Morgan fingerprint density at radius 3 is 2.10 bits per heavy atom. The number of allylic oxidation sites excluding steroid dienone is 2. The number of piperazine rings is 1. The highest BCUT2D eigenvalue weighted by atomic mass is 16.6. The molecule has 0 spiro atoms. The van der Waals surface area contributed by atoms with Crippen LogP contribution in [0.3, 0.4) is 0 Å². The molecule has 2 aliphatic rings. The Hall–Kier alpha value is -3.49. The molecule has 1 aliphatic carbocycles. The first-order valence-electron chi connectivity index (χ1n) is 14.6. The first-order valence-corrected chi connectivity index (χ1v) is 14.6. The van der Waals surface area contributed by atoms with Crippen molar-refractivity contribution in [2.45, 2.75) is 38.6 Å². The lowest BCUT2D eigenvalue weighted by Gasteiger charge is -2.37. The van der Waals surface area contributed by atoms with Gasteiger partial charge in [0.2, 0.25) is 0 Å². The Morgan fingerprint density at radius 1 is 0.833 bits per heavy atom. The summed E-state index contributed by atoms with van der Waals surface area (Å²) in [4.78, 5) is 9.76. The molecule has 0 saturated carbocycles. The minimum absolute atomic E-state index is 0.315. The van der Waals surface area contributed by atoms with Gasteiger partial charge in [-0.05, 0) is 84.1 Å². The van der Waals surface area contributed by atoms with Crippen molar-refractivity contribution in [1.29, 1.82) is 0 Å². The minimum Gasteiger partial charge on any atom is -0.498 e. The van der Waals surface area contributed by atoms with Crippen LogP contribution in [0.1, 0.15) is 29.3 Å². The van der Waals surface area contributed by atoms with Crippen molar-refractivity contribution in [2.24, 2.45) is 0 Å². The highest BCUT2D eigenvalue weighted by molar-refractivity contribution is 5.75. The van der Waals surface area contributed by atoms with Crippen molar-refractivity contribution in [1.82, 2.24) is 14.8 Å². The zero-order valence-corrected chi connectivity index (χ0v) is 25.7. The number of aromatic nitrogens is 1. The summed E-state index contributed by atoms with van der Waals surface area (Å²) in [5.41, 5.74) is 7.62. The fourth-order valence-corrected chi connectivity index (χ4v) is 5.97. The van der Waals surface area contributed by atoms with Gasteiger partial charge in [0.1, 0.15) is 23.2 Å². The van der Waals surface area contributed by atoms with E-state index in [2.05, 4.69) is 70.2 Å². The summed E-state index contributed by atoms with van der Waals surface area (Å²) in [5, 5.41) is 0. The predicted octanol–water partition coefficient (Wildman–Crippen LogP) is 5.73. The first kappa shape index (κ1) is 30.0. The van der Waals surface area contributed by atoms with Crippen LogP contribution in [0, 0.1) is 6.92 Å². The number of rotatable bonds is 10. The van der Waals surface area contributed by atoms with Crippen LogP contribution in [0.2, 0.25) is 0 Å². The molecular weight excluding hydrogens is 526 g/mol. The maximum Gasteiger partial charge on any atom is 0.146 e. The zero-order valence-electron chi connectivity index (χ0n) is 25.7. The van der Waals surface area contributed by atoms with Gasteiger partial charge in [-0.2, -0.15) is 0 Å². The zero-order chi connectivity index (χ0) is 29.7. The molecule has 0 radical (unpaired) electrons. The van der Waals surface area contributed by atoms with Gasteiger partial charge in [0.05, 0.1) is 19.9 Å². The minimum atomic E-state index is -0.648. The van der Waals surface area contributed by atoms with Gasteiger partial charge >= 0.3 is 0 Å². The van der Waals surface area contributed by atoms with Crippen molar-refractivity contribution < 1.29 is 18.9 Å². The Labute approximate surface area is 250 Å². The molecule has 2 unspecified atom stereocenters. The molecule has 1 saturated heterocycles. The molecule has 1 aliphatic heterocycles. The lowest BCUT2D eigenvalue weighted by Crippen LogP contribution is -2.45. The molecule has 0 amide bonds. The van der Waals surface area contributed by atoms with Crippen LogP contribution in [-0.2, 0) is 27.3 Å². The molecule has 222 valence electrons. The van der Waals surface area contributed by atoms with Gasteiger partial charge in [-0.25, -0.2) is 0 Å². The molecule has 2 atom stereocenters. The van der Waals surface area contributed by atoms with Crippen molar-refractivity contribution >= 4 is 5.57 Å².